The molecule has 15 heteroatoms. The van der Waals surface area contributed by atoms with Gasteiger partial charge in [0.05, 0.1) is 37.7 Å². The minimum Gasteiger partial charge on any atom is -0.474 e. The zero-order valence-electron chi connectivity index (χ0n) is 29.8. The number of halogens is 5. The molecule has 3 aromatic rings. The summed E-state index contributed by atoms with van der Waals surface area (Å²) in [7, 11) is 1.28. The van der Waals surface area contributed by atoms with Crippen LogP contribution in [0.15, 0.2) is 6.07 Å². The minimum atomic E-state index is -5.00. The largest absolute Gasteiger partial charge is 0.474 e. The molecule has 0 spiro atoms. The van der Waals surface area contributed by atoms with E-state index in [0.29, 0.717) is 38.9 Å². The fraction of sp³-hybridized carbons (Fsp3) is 0.629. The normalized spacial score (nSPS) is 20.6. The molecule has 2 unspecified atom stereocenters. The van der Waals surface area contributed by atoms with Gasteiger partial charge in [-0.05, 0) is 64.1 Å². The first kappa shape index (κ1) is 39.2. The number of benzene rings is 1. The number of rotatable bonds is 3. The van der Waals surface area contributed by atoms with Gasteiger partial charge in [-0.25, -0.2) is 13.8 Å². The first-order chi connectivity index (χ1) is 24.1. The molecule has 7 rings (SSSR count). The number of nitrogen functional groups attached to an aromatic ring is 1. The van der Waals surface area contributed by atoms with Gasteiger partial charge >= 0.3 is 12.2 Å². The number of hydrogen-bond donors (Lipinski definition) is 3. The number of hydrogen-bond acceptors (Lipinski definition) is 10. The molecule has 1 aliphatic carbocycles. The average molecular weight is 712 g/mol. The molecule has 1 aromatic carbocycles. The van der Waals surface area contributed by atoms with Crippen LogP contribution >= 0.6 is 0 Å². The Kier molecular flexibility index (Phi) is 13.8. The van der Waals surface area contributed by atoms with Gasteiger partial charge in [-0.3, -0.25) is 4.90 Å². The van der Waals surface area contributed by atoms with Gasteiger partial charge < -0.3 is 30.6 Å². The van der Waals surface area contributed by atoms with Crippen LogP contribution in [0.1, 0.15) is 83.8 Å². The molecule has 4 aliphatic rings. The summed E-state index contributed by atoms with van der Waals surface area (Å²) in [5.41, 5.74) is 1.67. The van der Waals surface area contributed by atoms with E-state index in [9.17, 15) is 17.6 Å². The van der Waals surface area contributed by atoms with Gasteiger partial charge in [0.25, 0.3) is 0 Å². The van der Waals surface area contributed by atoms with Crippen molar-refractivity contribution < 1.29 is 36.2 Å². The smallest absolute Gasteiger partial charge is 0.417 e. The molecule has 0 bridgehead atoms. The lowest BCUT2D eigenvalue weighted by molar-refractivity contribution is -0.137. The number of nitrogens with one attached hydrogen (secondary N) is 2. The van der Waals surface area contributed by atoms with Crippen molar-refractivity contribution in [2.45, 2.75) is 91.0 Å². The number of nitrogens with zero attached hydrogens (tertiary/aromatic N) is 4. The number of aromatic nitrogens is 3. The number of pyridine rings is 1. The maximum absolute atomic E-state index is 16.1. The zero-order valence-corrected chi connectivity index (χ0v) is 29.8. The lowest BCUT2D eigenvalue weighted by Crippen LogP contribution is -2.40. The molecule has 0 radical (unpaired) electrons. The Labute approximate surface area is 290 Å². The van der Waals surface area contributed by atoms with E-state index in [2.05, 4.69) is 30.5 Å². The Bertz CT molecular complexity index is 1580. The van der Waals surface area contributed by atoms with Crippen molar-refractivity contribution in [1.82, 2.24) is 25.2 Å². The second kappa shape index (κ2) is 17.6. The fourth-order valence-electron chi connectivity index (χ4n) is 6.28. The van der Waals surface area contributed by atoms with Crippen molar-refractivity contribution >= 4 is 22.4 Å². The molecule has 3 aliphatic heterocycles. The predicted octanol–water partition coefficient (Wildman–Crippen LogP) is 7.16. The summed E-state index contributed by atoms with van der Waals surface area (Å²) in [6.07, 6.45) is -1.40. The van der Waals surface area contributed by atoms with Crippen LogP contribution < -0.4 is 25.8 Å². The number of fused-ring (bicyclic) bond motifs is 1. The Morgan fingerprint density at radius 1 is 0.960 bits per heavy atom. The minimum absolute atomic E-state index is 0.0573. The molecule has 5 heterocycles. The average Bonchev–Trinajstić information content (AvgIpc) is 3.85. The first-order valence-corrected chi connectivity index (χ1v) is 17.6. The van der Waals surface area contributed by atoms with Crippen molar-refractivity contribution in [1.29, 1.82) is 0 Å². The fourth-order valence-corrected chi connectivity index (χ4v) is 6.28. The summed E-state index contributed by atoms with van der Waals surface area (Å²) in [6, 6.07) is 1.34. The molecule has 1 saturated carbocycles. The Hall–Kier alpha value is -3.56. The molecule has 4 N–H and O–H groups in total. The second-order valence-corrected chi connectivity index (χ2v) is 12.1. The van der Waals surface area contributed by atoms with E-state index in [1.165, 1.54) is 33.0 Å². The van der Waals surface area contributed by atoms with Crippen molar-refractivity contribution in [3.05, 3.63) is 28.8 Å². The zero-order chi connectivity index (χ0) is 36.6. The van der Waals surface area contributed by atoms with E-state index in [1.807, 2.05) is 27.7 Å². The molecule has 3 fully saturated rings. The molecular weight excluding hydrogens is 661 g/mol. The molecule has 10 nitrogen and oxygen atoms in total. The van der Waals surface area contributed by atoms with Gasteiger partial charge in [0.15, 0.2) is 5.82 Å². The Morgan fingerprint density at radius 3 is 2.36 bits per heavy atom. The lowest BCUT2D eigenvalue weighted by atomic mass is 9.93. The maximum Gasteiger partial charge on any atom is 0.417 e. The van der Waals surface area contributed by atoms with E-state index in [1.54, 1.807) is 6.92 Å². The topological polar surface area (TPSA) is 120 Å². The molecule has 278 valence electrons. The molecule has 2 saturated heterocycles. The van der Waals surface area contributed by atoms with Crippen LogP contribution in [0.4, 0.5) is 33.5 Å². The highest BCUT2D eigenvalue weighted by Crippen LogP contribution is 2.52. The van der Waals surface area contributed by atoms with Crippen LogP contribution in [0.25, 0.3) is 22.2 Å². The van der Waals surface area contributed by atoms with Gasteiger partial charge in [0, 0.05) is 36.8 Å². The number of nitrogens with two attached hydrogens (primary N) is 1. The van der Waals surface area contributed by atoms with Gasteiger partial charge in [0.1, 0.15) is 28.2 Å². The molecule has 2 atom stereocenters. The van der Waals surface area contributed by atoms with Gasteiger partial charge in [0.2, 0.25) is 5.88 Å². The summed E-state index contributed by atoms with van der Waals surface area (Å²) in [5.74, 6) is -2.98. The number of alkyl halides is 3. The first-order valence-electron chi connectivity index (χ1n) is 17.6. The van der Waals surface area contributed by atoms with Crippen LogP contribution in [0.2, 0.25) is 0 Å². The summed E-state index contributed by atoms with van der Waals surface area (Å²) in [5, 5.41) is 6.33. The summed E-state index contributed by atoms with van der Waals surface area (Å²) < 4.78 is 90.6. The maximum atomic E-state index is 16.1. The molecule has 2 aromatic heterocycles. The van der Waals surface area contributed by atoms with Crippen molar-refractivity contribution in [3.63, 3.8) is 0 Å². The van der Waals surface area contributed by atoms with Crippen LogP contribution in [0.5, 0.6) is 11.9 Å². The van der Waals surface area contributed by atoms with Crippen LogP contribution in [-0.2, 0) is 10.9 Å². The highest BCUT2D eigenvalue weighted by Gasteiger charge is 2.44. The number of methoxy groups -OCH3 is 1. The highest BCUT2D eigenvalue weighted by molar-refractivity contribution is 5.96. The highest BCUT2D eigenvalue weighted by atomic mass is 19.4. The number of morpholine rings is 1. The van der Waals surface area contributed by atoms with E-state index in [0.717, 1.165) is 25.3 Å². The second-order valence-electron chi connectivity index (χ2n) is 12.1. The standard InChI is InChI=1S/C24H25F5N6O2.C7H13NO.2C2H6/c1-10-5-6-31-7-8-32-21-15-20(34-23(35-21)36-2)18(26)19(33-22(15)37-10)12-9-13(30)17(25)14(11-3-4-11)16(12)24(27,28)29;1-2-7-6-9-5-4-8(7)3-1;2*1-2/h9-11,31H,3-8,30H2,1-2H3,(H,32,34,35);7H,1-6H2;2*1-2H3. The quantitative estimate of drug-likeness (QED) is 0.191. The summed E-state index contributed by atoms with van der Waals surface area (Å²) in [4.78, 5) is 15.1. The Morgan fingerprint density at radius 2 is 1.70 bits per heavy atom. The van der Waals surface area contributed by atoms with Gasteiger partial charge in [-0.2, -0.15) is 23.1 Å². The van der Waals surface area contributed by atoms with Crippen LogP contribution in [0, 0.1) is 11.6 Å². The van der Waals surface area contributed by atoms with E-state index in [-0.39, 0.29) is 28.6 Å². The molecule has 0 amide bonds. The monoisotopic (exact) mass is 711 g/mol. The summed E-state index contributed by atoms with van der Waals surface area (Å²) in [6.45, 7) is 15.8. The van der Waals surface area contributed by atoms with Crippen molar-refractivity contribution in [2.24, 2.45) is 0 Å². The lowest BCUT2D eigenvalue weighted by Gasteiger charge is -2.28. The Balaban J connectivity index is 0.000000365. The van der Waals surface area contributed by atoms with E-state index in [4.69, 9.17) is 19.9 Å². The third-order valence-corrected chi connectivity index (χ3v) is 8.73. The molecule has 50 heavy (non-hydrogen) atoms. The third-order valence-electron chi connectivity index (χ3n) is 8.73. The number of ether oxygens (including phenoxy) is 3. The molecular formula is C35H50F5N7O3. The van der Waals surface area contributed by atoms with Gasteiger partial charge in [-0.15, -0.1) is 0 Å². The van der Waals surface area contributed by atoms with Crippen molar-refractivity contribution in [3.8, 4) is 23.1 Å². The van der Waals surface area contributed by atoms with Crippen LogP contribution in [0.3, 0.4) is 0 Å². The number of anilines is 2. The van der Waals surface area contributed by atoms with Crippen molar-refractivity contribution in [2.75, 3.05) is 64.1 Å². The van der Waals surface area contributed by atoms with Gasteiger partial charge in [-0.1, -0.05) is 27.7 Å². The van der Waals surface area contributed by atoms with E-state index >= 15 is 4.39 Å². The predicted molar refractivity (Wildman–Crippen MR) is 185 cm³/mol. The summed E-state index contributed by atoms with van der Waals surface area (Å²) >= 11 is 0. The van der Waals surface area contributed by atoms with E-state index < -0.39 is 57.9 Å². The SMILES string of the molecule is C1CC2COCCN2C1.CC.CC.COc1nc2c3c(nc(-c4cc(N)c(F)c(C5CC5)c4C(F)(F)F)c(F)c3n1)OC(C)CCNCCN2. The van der Waals surface area contributed by atoms with Crippen LogP contribution in [-0.4, -0.2) is 85.0 Å². The third kappa shape index (κ3) is 8.83.